The van der Waals surface area contributed by atoms with Gasteiger partial charge >= 0.3 is 0 Å². The van der Waals surface area contributed by atoms with Crippen LogP contribution in [0.5, 0.6) is 0 Å². The van der Waals surface area contributed by atoms with Gasteiger partial charge in [0, 0.05) is 0 Å². The fourth-order valence-corrected chi connectivity index (χ4v) is 0.941. The smallest absolute Gasteiger partial charge is 0.0614 e. The van der Waals surface area contributed by atoms with E-state index in [0.29, 0.717) is 0 Å². The van der Waals surface area contributed by atoms with E-state index < -0.39 is 0 Å². The monoisotopic (exact) mass is 132 g/mol. The Morgan fingerprint density at radius 2 is 2.38 bits per heavy atom. The van der Waals surface area contributed by atoms with Gasteiger partial charge in [-0.25, -0.2) is 0 Å². The molecule has 0 bridgehead atoms. The van der Waals surface area contributed by atoms with Crippen LogP contribution in [-0.2, 0) is 0 Å². The predicted octanol–water partition coefficient (Wildman–Crippen LogP) is 1.19. The molecule has 0 saturated heterocycles. The summed E-state index contributed by atoms with van der Waals surface area (Å²) in [6.45, 7) is 2.21. The van der Waals surface area contributed by atoms with Crippen molar-refractivity contribution in [3.05, 3.63) is 11.6 Å². The highest BCUT2D eigenvalue weighted by molar-refractivity contribution is 7.16. The van der Waals surface area contributed by atoms with Crippen molar-refractivity contribution >= 4 is 9.24 Å². The third-order valence-corrected chi connectivity index (χ3v) is 1.27. The average molecular weight is 132 g/mol. The summed E-state index contributed by atoms with van der Waals surface area (Å²) in [6, 6.07) is 0. The van der Waals surface area contributed by atoms with Crippen molar-refractivity contribution in [1.82, 2.24) is 0 Å². The molecule has 0 amide bonds. The molecular weight excluding hydrogens is 119 g/mol. The molecule has 8 heavy (non-hydrogen) atoms. The molecule has 0 heterocycles. The standard InChI is InChI=1S/C6H13OP/c1-6(2-4-7)3-5-8/h2,7H,3-5,8H2,1H3. The van der Waals surface area contributed by atoms with Gasteiger partial charge in [-0.05, 0) is 19.5 Å². The molecule has 0 aliphatic rings. The third kappa shape index (κ3) is 4.29. The van der Waals surface area contributed by atoms with Crippen molar-refractivity contribution in [3.63, 3.8) is 0 Å². The van der Waals surface area contributed by atoms with Crippen LogP contribution >= 0.6 is 9.24 Å². The lowest BCUT2D eigenvalue weighted by Gasteiger charge is -1.92. The largest absolute Gasteiger partial charge is 0.392 e. The van der Waals surface area contributed by atoms with Crippen LogP contribution in [-0.4, -0.2) is 17.9 Å². The molecule has 0 fully saturated rings. The van der Waals surface area contributed by atoms with E-state index >= 15 is 0 Å². The number of allylic oxidation sites excluding steroid dienone is 1. The first-order valence-corrected chi connectivity index (χ1v) is 3.59. The van der Waals surface area contributed by atoms with E-state index in [4.69, 9.17) is 5.11 Å². The summed E-state index contributed by atoms with van der Waals surface area (Å²) >= 11 is 0. The molecule has 1 unspecified atom stereocenters. The number of hydrogen-bond donors (Lipinski definition) is 1. The van der Waals surface area contributed by atoms with Gasteiger partial charge in [0.2, 0.25) is 0 Å². The molecule has 0 spiro atoms. The molecule has 0 aliphatic carbocycles. The molecule has 0 aromatic carbocycles. The fraction of sp³-hybridized carbons (Fsp3) is 0.667. The zero-order valence-corrected chi connectivity index (χ0v) is 6.38. The number of rotatable bonds is 3. The fourth-order valence-electron chi connectivity index (χ4n) is 0.486. The molecule has 0 aromatic heterocycles. The van der Waals surface area contributed by atoms with Gasteiger partial charge < -0.3 is 5.11 Å². The van der Waals surface area contributed by atoms with Gasteiger partial charge in [0.1, 0.15) is 0 Å². The third-order valence-electron chi connectivity index (χ3n) is 0.978. The van der Waals surface area contributed by atoms with E-state index in [9.17, 15) is 0 Å². The first-order valence-electron chi connectivity index (χ1n) is 2.77. The second-order valence-corrected chi connectivity index (χ2v) is 2.35. The van der Waals surface area contributed by atoms with Crippen LogP contribution < -0.4 is 0 Å². The first-order chi connectivity index (χ1) is 3.81. The minimum atomic E-state index is 0.177. The van der Waals surface area contributed by atoms with Gasteiger partial charge in [-0.15, -0.1) is 9.24 Å². The molecule has 1 atom stereocenters. The van der Waals surface area contributed by atoms with Crippen molar-refractivity contribution in [2.75, 3.05) is 12.8 Å². The molecule has 1 nitrogen and oxygen atoms in total. The van der Waals surface area contributed by atoms with Crippen LogP contribution in [0, 0.1) is 0 Å². The summed E-state index contributed by atoms with van der Waals surface area (Å²) in [7, 11) is 2.65. The molecule has 1 N–H and O–H groups in total. The van der Waals surface area contributed by atoms with Crippen molar-refractivity contribution in [2.24, 2.45) is 0 Å². The summed E-state index contributed by atoms with van der Waals surface area (Å²) in [5.74, 6) is 0. The van der Waals surface area contributed by atoms with Gasteiger partial charge in [0.25, 0.3) is 0 Å². The summed E-state index contributed by atoms with van der Waals surface area (Å²) in [6.07, 6.45) is 4.00. The normalized spacial score (nSPS) is 12.1. The van der Waals surface area contributed by atoms with Crippen LogP contribution in [0.1, 0.15) is 13.3 Å². The van der Waals surface area contributed by atoms with Gasteiger partial charge in [-0.2, -0.15) is 0 Å². The lowest BCUT2D eigenvalue weighted by atomic mass is 10.2. The van der Waals surface area contributed by atoms with Crippen molar-refractivity contribution in [2.45, 2.75) is 13.3 Å². The second-order valence-electron chi connectivity index (χ2n) is 1.77. The SMILES string of the molecule is CC(=CCO)CCP. The second kappa shape index (κ2) is 5.27. The maximum atomic E-state index is 8.38. The molecule has 0 radical (unpaired) electrons. The Hall–Kier alpha value is 0.130. The Balaban J connectivity index is 3.29. The topological polar surface area (TPSA) is 20.2 Å². The molecule has 0 rings (SSSR count). The lowest BCUT2D eigenvalue weighted by molar-refractivity contribution is 0.341. The average Bonchev–Trinajstić information content (AvgIpc) is 1.68. The zero-order valence-electron chi connectivity index (χ0n) is 5.22. The van der Waals surface area contributed by atoms with Crippen LogP contribution in [0.15, 0.2) is 11.6 Å². The van der Waals surface area contributed by atoms with Gasteiger partial charge in [-0.3, -0.25) is 0 Å². The molecule has 0 aromatic rings. The van der Waals surface area contributed by atoms with Gasteiger partial charge in [0.05, 0.1) is 6.61 Å². The molecule has 48 valence electrons. The number of aliphatic hydroxyl groups is 1. The number of aliphatic hydroxyl groups excluding tert-OH is 1. The van der Waals surface area contributed by atoms with E-state index in [1.54, 1.807) is 0 Å². The van der Waals surface area contributed by atoms with Crippen molar-refractivity contribution in [1.29, 1.82) is 0 Å². The minimum Gasteiger partial charge on any atom is -0.392 e. The Morgan fingerprint density at radius 3 is 2.75 bits per heavy atom. The van der Waals surface area contributed by atoms with E-state index in [0.717, 1.165) is 12.6 Å². The highest BCUT2D eigenvalue weighted by atomic mass is 31.0. The summed E-state index contributed by atoms with van der Waals surface area (Å²) in [4.78, 5) is 0. The summed E-state index contributed by atoms with van der Waals surface area (Å²) in [5, 5.41) is 8.38. The molecule has 2 heteroatoms. The van der Waals surface area contributed by atoms with E-state index in [1.807, 2.05) is 13.0 Å². The molecule has 0 saturated carbocycles. The zero-order chi connectivity index (χ0) is 6.41. The van der Waals surface area contributed by atoms with Crippen LogP contribution in [0.2, 0.25) is 0 Å². The molecule has 0 aliphatic heterocycles. The van der Waals surface area contributed by atoms with E-state index in [2.05, 4.69) is 9.24 Å². The Kier molecular flexibility index (Phi) is 5.36. The maximum Gasteiger partial charge on any atom is 0.0614 e. The maximum absolute atomic E-state index is 8.38. The Labute approximate surface area is 53.0 Å². The highest BCUT2D eigenvalue weighted by Crippen LogP contribution is 2.00. The highest BCUT2D eigenvalue weighted by Gasteiger charge is 1.82. The van der Waals surface area contributed by atoms with Gasteiger partial charge in [0.15, 0.2) is 0 Å². The summed E-state index contributed by atoms with van der Waals surface area (Å²) in [5.41, 5.74) is 1.27. The first kappa shape index (κ1) is 8.13. The van der Waals surface area contributed by atoms with E-state index in [1.165, 1.54) is 5.57 Å². The van der Waals surface area contributed by atoms with E-state index in [-0.39, 0.29) is 6.61 Å². The van der Waals surface area contributed by atoms with Crippen molar-refractivity contribution in [3.8, 4) is 0 Å². The predicted molar refractivity (Wildman–Crippen MR) is 40.0 cm³/mol. The number of hydrogen-bond acceptors (Lipinski definition) is 1. The van der Waals surface area contributed by atoms with Crippen LogP contribution in [0.4, 0.5) is 0 Å². The van der Waals surface area contributed by atoms with Crippen molar-refractivity contribution < 1.29 is 5.11 Å². The van der Waals surface area contributed by atoms with Crippen LogP contribution in [0.25, 0.3) is 0 Å². The molecular formula is C6H13OP. The lowest BCUT2D eigenvalue weighted by Crippen LogP contribution is -1.80. The Morgan fingerprint density at radius 1 is 1.75 bits per heavy atom. The Bertz CT molecular complexity index is 78.6. The van der Waals surface area contributed by atoms with Crippen LogP contribution in [0.3, 0.4) is 0 Å². The quantitative estimate of drug-likeness (QED) is 0.451. The van der Waals surface area contributed by atoms with Gasteiger partial charge in [-0.1, -0.05) is 11.6 Å². The minimum absolute atomic E-state index is 0.177. The summed E-state index contributed by atoms with van der Waals surface area (Å²) < 4.78 is 0.